The number of Topliss-reactive ketones (excluding diaryl/α,β-unsaturated/α-hetero) is 3. The highest BCUT2D eigenvalue weighted by molar-refractivity contribution is 6.25. The number of aliphatic hydroxyl groups excluding tert-OH is 1. The number of carbonyl (C=O) groups excluding carboxylic acids is 4. The number of aliphatic hydroxyl groups is 2. The number of aromatic hydroxyl groups is 1. The van der Waals surface area contributed by atoms with Crippen LogP contribution in [0.5, 0.6) is 5.75 Å². The Morgan fingerprint density at radius 1 is 1.19 bits per heavy atom. The van der Waals surface area contributed by atoms with Gasteiger partial charge in [-0.2, -0.15) is 0 Å². The molecule has 0 radical (unpaired) electrons. The topological polar surface area (TPSA) is 158 Å². The second-order valence-corrected chi connectivity index (χ2v) is 8.84. The number of phenolic OH excluding ortho intramolecular Hbond substituents is 1. The van der Waals surface area contributed by atoms with Crippen LogP contribution in [0, 0.1) is 17.8 Å². The molecule has 9 nitrogen and oxygen atoms in total. The lowest BCUT2D eigenvalue weighted by Gasteiger charge is -2.53. The zero-order valence-corrected chi connectivity index (χ0v) is 17.3. The average molecular weight is 428 g/mol. The number of likely N-dealkylation sites (N-methyl/N-ethyl adjacent to an activating group) is 1. The van der Waals surface area contributed by atoms with Crippen LogP contribution in [-0.4, -0.2) is 75.3 Å². The molecule has 7 atom stereocenters. The summed E-state index contributed by atoms with van der Waals surface area (Å²) in [7, 11) is 3.07. The highest BCUT2D eigenvalue weighted by Crippen LogP contribution is 2.52. The molecule has 0 saturated heterocycles. The van der Waals surface area contributed by atoms with E-state index in [0.717, 1.165) is 6.08 Å². The first-order chi connectivity index (χ1) is 14.4. The second-order valence-electron chi connectivity index (χ2n) is 8.84. The molecule has 4 rings (SSSR count). The van der Waals surface area contributed by atoms with Gasteiger partial charge in [-0.25, -0.2) is 0 Å². The number of phenols is 1. The molecule has 1 saturated carbocycles. The van der Waals surface area contributed by atoms with Crippen LogP contribution >= 0.6 is 0 Å². The SMILES string of the molecule is C[C@H]1c2cccc(O)c2C(=O)C2=C[C@]3(O)C(=O)C(C(N)=O)C(=O)C(N(C)C)[C@@H]3[C@@H](O)[C@@H]21. The highest BCUT2D eigenvalue weighted by atomic mass is 16.3. The standard InChI is InChI=1S/C22H24N2O7/c1-8-9-5-4-6-11(25)13(9)17(26)10-7-22(31)15(18(27)12(8)10)16(24(2)3)19(28)14(20(22)29)21(23)30/h4-8,12,14-16,18,25,27,31H,1-3H3,(H2,23,30)/t8-,12+,14?,15+,16?,18-,22+/m0/s1. The van der Waals surface area contributed by atoms with Crippen LogP contribution in [0.1, 0.15) is 28.8 Å². The van der Waals surface area contributed by atoms with Gasteiger partial charge in [-0.1, -0.05) is 19.1 Å². The summed E-state index contributed by atoms with van der Waals surface area (Å²) in [6.07, 6.45) is -0.390. The number of rotatable bonds is 2. The van der Waals surface area contributed by atoms with Crippen molar-refractivity contribution in [2.24, 2.45) is 23.5 Å². The molecular formula is C22H24N2O7. The van der Waals surface area contributed by atoms with E-state index >= 15 is 0 Å². The molecule has 2 unspecified atom stereocenters. The number of ketones is 3. The summed E-state index contributed by atoms with van der Waals surface area (Å²) >= 11 is 0. The molecular weight excluding hydrogens is 404 g/mol. The van der Waals surface area contributed by atoms with Crippen molar-refractivity contribution in [1.82, 2.24) is 4.90 Å². The molecule has 9 heteroatoms. The van der Waals surface area contributed by atoms with Gasteiger partial charge in [-0.15, -0.1) is 0 Å². The zero-order valence-electron chi connectivity index (χ0n) is 17.3. The normalized spacial score (nSPS) is 37.1. The van der Waals surface area contributed by atoms with Crippen LogP contribution in [0.4, 0.5) is 0 Å². The fraction of sp³-hybridized carbons (Fsp3) is 0.455. The van der Waals surface area contributed by atoms with Crippen molar-refractivity contribution in [3.8, 4) is 5.75 Å². The molecule has 1 aromatic carbocycles. The maximum Gasteiger partial charge on any atom is 0.235 e. The molecule has 0 bridgehead atoms. The van der Waals surface area contributed by atoms with Gasteiger partial charge in [0.2, 0.25) is 5.91 Å². The Morgan fingerprint density at radius 2 is 1.84 bits per heavy atom. The molecule has 1 fully saturated rings. The summed E-state index contributed by atoms with van der Waals surface area (Å²) in [6.45, 7) is 1.76. The van der Waals surface area contributed by atoms with Gasteiger partial charge in [0.1, 0.15) is 11.4 Å². The maximum absolute atomic E-state index is 13.3. The number of fused-ring (bicyclic) bond motifs is 3. The fourth-order valence-corrected chi connectivity index (χ4v) is 5.62. The number of benzene rings is 1. The van der Waals surface area contributed by atoms with Crippen molar-refractivity contribution < 1.29 is 34.5 Å². The van der Waals surface area contributed by atoms with E-state index in [1.54, 1.807) is 19.1 Å². The summed E-state index contributed by atoms with van der Waals surface area (Å²) in [5.41, 5.74) is 3.38. The summed E-state index contributed by atoms with van der Waals surface area (Å²) in [6, 6.07) is 3.44. The first-order valence-corrected chi connectivity index (χ1v) is 9.97. The summed E-state index contributed by atoms with van der Waals surface area (Å²) in [4.78, 5) is 52.7. The van der Waals surface area contributed by atoms with Crippen molar-refractivity contribution in [3.05, 3.63) is 41.0 Å². The molecule has 3 aliphatic carbocycles. The highest BCUT2D eigenvalue weighted by Gasteiger charge is 2.66. The molecule has 1 amide bonds. The Labute approximate surface area is 178 Å². The van der Waals surface area contributed by atoms with Crippen LogP contribution in [0.15, 0.2) is 29.8 Å². The minimum absolute atomic E-state index is 0.0313. The van der Waals surface area contributed by atoms with Gasteiger partial charge >= 0.3 is 0 Å². The smallest absolute Gasteiger partial charge is 0.235 e. The maximum atomic E-state index is 13.3. The Hall–Kier alpha value is -2.88. The van der Waals surface area contributed by atoms with Crippen LogP contribution in [0.2, 0.25) is 0 Å². The zero-order chi connectivity index (χ0) is 23.0. The third-order valence-electron chi connectivity index (χ3n) is 6.99. The monoisotopic (exact) mass is 428 g/mol. The van der Waals surface area contributed by atoms with Crippen molar-refractivity contribution >= 4 is 23.3 Å². The lowest BCUT2D eigenvalue weighted by atomic mass is 9.54. The van der Waals surface area contributed by atoms with Crippen molar-refractivity contribution in [1.29, 1.82) is 0 Å². The van der Waals surface area contributed by atoms with E-state index in [4.69, 9.17) is 5.73 Å². The van der Waals surface area contributed by atoms with Gasteiger partial charge in [0.15, 0.2) is 23.3 Å². The molecule has 5 N–H and O–H groups in total. The number of amides is 1. The summed E-state index contributed by atoms with van der Waals surface area (Å²) < 4.78 is 0. The van der Waals surface area contributed by atoms with Crippen molar-refractivity contribution in [3.63, 3.8) is 0 Å². The fourth-order valence-electron chi connectivity index (χ4n) is 5.62. The van der Waals surface area contributed by atoms with Gasteiger partial charge < -0.3 is 21.1 Å². The lowest BCUT2D eigenvalue weighted by molar-refractivity contribution is -0.174. The molecule has 1 aromatic rings. The van der Waals surface area contributed by atoms with E-state index in [1.165, 1.54) is 25.1 Å². The predicted octanol–water partition coefficient (Wildman–Crippen LogP) is -0.860. The Bertz CT molecular complexity index is 1060. The van der Waals surface area contributed by atoms with Gasteiger partial charge in [-0.05, 0) is 37.7 Å². The first-order valence-electron chi connectivity index (χ1n) is 9.97. The largest absolute Gasteiger partial charge is 0.507 e. The van der Waals surface area contributed by atoms with Gasteiger partial charge in [0.05, 0.1) is 17.7 Å². The Kier molecular flexibility index (Phi) is 4.69. The molecule has 31 heavy (non-hydrogen) atoms. The number of hydrogen-bond donors (Lipinski definition) is 4. The number of nitrogens with zero attached hydrogens (tertiary/aromatic N) is 1. The van der Waals surface area contributed by atoms with E-state index in [9.17, 15) is 34.5 Å². The third kappa shape index (κ3) is 2.67. The minimum atomic E-state index is -2.45. The number of hydrogen-bond acceptors (Lipinski definition) is 8. The van der Waals surface area contributed by atoms with Gasteiger partial charge in [0, 0.05) is 17.4 Å². The van der Waals surface area contributed by atoms with Crippen LogP contribution < -0.4 is 5.73 Å². The van der Waals surface area contributed by atoms with Gasteiger partial charge in [0.25, 0.3) is 0 Å². The molecule has 3 aliphatic rings. The minimum Gasteiger partial charge on any atom is -0.507 e. The molecule has 0 aromatic heterocycles. The van der Waals surface area contributed by atoms with Crippen LogP contribution in [0.3, 0.4) is 0 Å². The van der Waals surface area contributed by atoms with Crippen LogP contribution in [0.25, 0.3) is 0 Å². The van der Waals surface area contributed by atoms with Crippen LogP contribution in [-0.2, 0) is 14.4 Å². The summed E-state index contributed by atoms with van der Waals surface area (Å²) in [5.74, 6) is -8.48. The predicted molar refractivity (Wildman–Crippen MR) is 107 cm³/mol. The number of primary amides is 1. The van der Waals surface area contributed by atoms with Crippen molar-refractivity contribution in [2.45, 2.75) is 30.6 Å². The Balaban J connectivity index is 1.98. The van der Waals surface area contributed by atoms with E-state index < -0.39 is 64.7 Å². The number of carbonyl (C=O) groups is 4. The van der Waals surface area contributed by atoms with Gasteiger partial charge in [-0.3, -0.25) is 24.1 Å². The van der Waals surface area contributed by atoms with E-state index in [-0.39, 0.29) is 16.9 Å². The quantitative estimate of drug-likeness (QED) is 0.443. The third-order valence-corrected chi connectivity index (χ3v) is 6.99. The first kappa shape index (κ1) is 21.4. The molecule has 0 spiro atoms. The molecule has 0 aliphatic heterocycles. The molecule has 0 heterocycles. The van der Waals surface area contributed by atoms with E-state index in [0.29, 0.717) is 5.56 Å². The Morgan fingerprint density at radius 3 is 2.42 bits per heavy atom. The summed E-state index contributed by atoms with van der Waals surface area (Å²) in [5, 5.41) is 33.1. The second kappa shape index (κ2) is 6.81. The van der Waals surface area contributed by atoms with E-state index in [1.807, 2.05) is 0 Å². The molecule has 164 valence electrons. The average Bonchev–Trinajstić information content (AvgIpc) is 2.67. The van der Waals surface area contributed by atoms with E-state index in [2.05, 4.69) is 0 Å². The lowest BCUT2D eigenvalue weighted by Crippen LogP contribution is -2.71. The van der Waals surface area contributed by atoms with Crippen molar-refractivity contribution in [2.75, 3.05) is 14.1 Å². The number of nitrogens with two attached hydrogens (primary N) is 1.